The van der Waals surface area contributed by atoms with Crippen LogP contribution >= 0.6 is 0 Å². The van der Waals surface area contributed by atoms with Crippen LogP contribution in [-0.2, 0) is 6.42 Å². The van der Waals surface area contributed by atoms with Crippen LogP contribution in [0.4, 0.5) is 4.39 Å². The van der Waals surface area contributed by atoms with E-state index in [1.54, 1.807) is 12.1 Å². The van der Waals surface area contributed by atoms with E-state index in [1.165, 1.54) is 5.56 Å². The summed E-state index contributed by atoms with van der Waals surface area (Å²) in [5, 5.41) is 0. The first kappa shape index (κ1) is 13.8. The summed E-state index contributed by atoms with van der Waals surface area (Å²) in [5.74, 6) is 0.524. The molecule has 0 saturated carbocycles. The van der Waals surface area contributed by atoms with Crippen LogP contribution in [0.3, 0.4) is 0 Å². The fourth-order valence-electron chi connectivity index (χ4n) is 2.36. The van der Waals surface area contributed by atoms with Crippen molar-refractivity contribution < 1.29 is 4.39 Å². The van der Waals surface area contributed by atoms with E-state index < -0.39 is 0 Å². The largest absolute Gasteiger partial charge is 0.207 e. The molecular formula is C18H21F. The molecule has 2 aromatic carbocycles. The number of hydrogen-bond donors (Lipinski definition) is 0. The SMILES string of the molecule is Cc1cc(F)cc(-c2ccccc2CCC(C)C)c1. The first-order valence-corrected chi connectivity index (χ1v) is 6.91. The Labute approximate surface area is 115 Å². The normalized spacial score (nSPS) is 11.0. The highest BCUT2D eigenvalue weighted by atomic mass is 19.1. The Morgan fingerprint density at radius 3 is 2.47 bits per heavy atom. The van der Waals surface area contributed by atoms with E-state index in [1.807, 2.05) is 13.0 Å². The van der Waals surface area contributed by atoms with Crippen molar-refractivity contribution in [2.75, 3.05) is 0 Å². The lowest BCUT2D eigenvalue weighted by molar-refractivity contribution is 0.587. The third kappa shape index (κ3) is 3.66. The molecule has 0 unspecified atom stereocenters. The molecule has 0 aliphatic heterocycles. The first-order chi connectivity index (χ1) is 9.06. The summed E-state index contributed by atoms with van der Waals surface area (Å²) in [4.78, 5) is 0. The average Bonchev–Trinajstić information content (AvgIpc) is 2.35. The summed E-state index contributed by atoms with van der Waals surface area (Å²) in [6, 6.07) is 13.6. The van der Waals surface area contributed by atoms with Gasteiger partial charge in [-0.2, -0.15) is 0 Å². The molecule has 0 atom stereocenters. The highest BCUT2D eigenvalue weighted by molar-refractivity contribution is 5.68. The van der Waals surface area contributed by atoms with Crippen molar-refractivity contribution in [3.05, 3.63) is 59.4 Å². The van der Waals surface area contributed by atoms with Crippen LogP contribution < -0.4 is 0 Å². The summed E-state index contributed by atoms with van der Waals surface area (Å²) < 4.78 is 13.6. The second-order valence-electron chi connectivity index (χ2n) is 5.61. The van der Waals surface area contributed by atoms with E-state index in [0.717, 1.165) is 29.5 Å². The van der Waals surface area contributed by atoms with E-state index in [2.05, 4.69) is 38.1 Å². The van der Waals surface area contributed by atoms with Gasteiger partial charge in [-0.05, 0) is 60.1 Å². The van der Waals surface area contributed by atoms with E-state index in [0.29, 0.717) is 5.92 Å². The van der Waals surface area contributed by atoms with Crippen molar-refractivity contribution in [3.63, 3.8) is 0 Å². The van der Waals surface area contributed by atoms with Crippen molar-refractivity contribution in [1.29, 1.82) is 0 Å². The standard InChI is InChI=1S/C18H21F/c1-13(2)8-9-15-6-4-5-7-18(15)16-10-14(3)11-17(19)12-16/h4-7,10-13H,8-9H2,1-3H3. The van der Waals surface area contributed by atoms with Crippen LogP contribution in [0.1, 0.15) is 31.4 Å². The Morgan fingerprint density at radius 2 is 1.79 bits per heavy atom. The summed E-state index contributed by atoms with van der Waals surface area (Å²) in [7, 11) is 0. The van der Waals surface area contributed by atoms with E-state index in [4.69, 9.17) is 0 Å². The van der Waals surface area contributed by atoms with Crippen molar-refractivity contribution in [2.45, 2.75) is 33.6 Å². The molecule has 0 aliphatic carbocycles. The number of halogens is 1. The molecule has 0 aliphatic rings. The molecular weight excluding hydrogens is 235 g/mol. The van der Waals surface area contributed by atoms with Gasteiger partial charge in [0, 0.05) is 0 Å². The van der Waals surface area contributed by atoms with Crippen LogP contribution in [0.5, 0.6) is 0 Å². The van der Waals surface area contributed by atoms with Crippen molar-refractivity contribution in [3.8, 4) is 11.1 Å². The second kappa shape index (κ2) is 6.01. The fourth-order valence-corrected chi connectivity index (χ4v) is 2.36. The van der Waals surface area contributed by atoms with Gasteiger partial charge in [0.1, 0.15) is 5.82 Å². The smallest absolute Gasteiger partial charge is 0.124 e. The van der Waals surface area contributed by atoms with Crippen LogP contribution in [0.2, 0.25) is 0 Å². The van der Waals surface area contributed by atoms with Gasteiger partial charge >= 0.3 is 0 Å². The summed E-state index contributed by atoms with van der Waals surface area (Å²) in [5.41, 5.74) is 4.41. The van der Waals surface area contributed by atoms with Gasteiger partial charge in [-0.3, -0.25) is 0 Å². The van der Waals surface area contributed by atoms with E-state index >= 15 is 0 Å². The summed E-state index contributed by atoms with van der Waals surface area (Å²) in [6.07, 6.45) is 2.20. The van der Waals surface area contributed by atoms with E-state index in [-0.39, 0.29) is 5.82 Å². The highest BCUT2D eigenvalue weighted by Gasteiger charge is 2.07. The van der Waals surface area contributed by atoms with Gasteiger partial charge in [-0.1, -0.05) is 44.2 Å². The van der Waals surface area contributed by atoms with Gasteiger partial charge in [0.05, 0.1) is 0 Å². The van der Waals surface area contributed by atoms with Crippen LogP contribution in [-0.4, -0.2) is 0 Å². The zero-order valence-corrected chi connectivity index (χ0v) is 11.9. The molecule has 0 spiro atoms. The number of aryl methyl sites for hydroxylation is 2. The van der Waals surface area contributed by atoms with Crippen LogP contribution in [0, 0.1) is 18.7 Å². The van der Waals surface area contributed by atoms with Gasteiger partial charge in [0.25, 0.3) is 0 Å². The number of benzene rings is 2. The lowest BCUT2D eigenvalue weighted by atomic mass is 9.93. The monoisotopic (exact) mass is 256 g/mol. The maximum Gasteiger partial charge on any atom is 0.124 e. The van der Waals surface area contributed by atoms with Gasteiger partial charge in [-0.15, -0.1) is 0 Å². The minimum Gasteiger partial charge on any atom is -0.207 e. The minimum atomic E-state index is -0.159. The summed E-state index contributed by atoms with van der Waals surface area (Å²) >= 11 is 0. The maximum atomic E-state index is 13.6. The molecule has 0 saturated heterocycles. The van der Waals surface area contributed by atoms with Crippen LogP contribution in [0.25, 0.3) is 11.1 Å². The second-order valence-corrected chi connectivity index (χ2v) is 5.61. The predicted molar refractivity (Wildman–Crippen MR) is 79.7 cm³/mol. The molecule has 1 heteroatoms. The average molecular weight is 256 g/mol. The van der Waals surface area contributed by atoms with Gasteiger partial charge in [0.2, 0.25) is 0 Å². The third-order valence-electron chi connectivity index (χ3n) is 3.36. The first-order valence-electron chi connectivity index (χ1n) is 6.91. The van der Waals surface area contributed by atoms with Crippen molar-refractivity contribution in [2.24, 2.45) is 5.92 Å². The number of rotatable bonds is 4. The quantitative estimate of drug-likeness (QED) is 0.688. The molecule has 0 aromatic heterocycles. The molecule has 2 rings (SSSR count). The minimum absolute atomic E-state index is 0.159. The Balaban J connectivity index is 2.38. The Morgan fingerprint density at radius 1 is 1.05 bits per heavy atom. The lowest BCUT2D eigenvalue weighted by Gasteiger charge is -2.12. The highest BCUT2D eigenvalue weighted by Crippen LogP contribution is 2.27. The molecule has 0 fully saturated rings. The zero-order valence-electron chi connectivity index (χ0n) is 11.9. The van der Waals surface area contributed by atoms with E-state index in [9.17, 15) is 4.39 Å². The Kier molecular flexibility index (Phi) is 4.36. The Bertz CT molecular complexity index is 535. The molecule has 2 aromatic rings. The number of hydrogen-bond acceptors (Lipinski definition) is 0. The molecule has 0 N–H and O–H groups in total. The molecule has 0 radical (unpaired) electrons. The molecule has 19 heavy (non-hydrogen) atoms. The van der Waals surface area contributed by atoms with Gasteiger partial charge < -0.3 is 0 Å². The summed E-state index contributed by atoms with van der Waals surface area (Å²) in [6.45, 7) is 6.40. The van der Waals surface area contributed by atoms with Crippen LogP contribution in [0.15, 0.2) is 42.5 Å². The zero-order chi connectivity index (χ0) is 13.8. The predicted octanol–water partition coefficient (Wildman–Crippen LogP) is 5.39. The molecule has 0 bridgehead atoms. The van der Waals surface area contributed by atoms with Crippen molar-refractivity contribution >= 4 is 0 Å². The molecule has 0 heterocycles. The Hall–Kier alpha value is -1.63. The van der Waals surface area contributed by atoms with Gasteiger partial charge in [0.15, 0.2) is 0 Å². The fraction of sp³-hybridized carbons (Fsp3) is 0.333. The third-order valence-corrected chi connectivity index (χ3v) is 3.36. The maximum absolute atomic E-state index is 13.6. The molecule has 0 amide bonds. The van der Waals surface area contributed by atoms with Crippen molar-refractivity contribution in [1.82, 2.24) is 0 Å². The topological polar surface area (TPSA) is 0 Å². The van der Waals surface area contributed by atoms with Gasteiger partial charge in [-0.25, -0.2) is 4.39 Å². The molecule has 100 valence electrons. The lowest BCUT2D eigenvalue weighted by Crippen LogP contribution is -1.95. The molecule has 0 nitrogen and oxygen atoms in total.